The highest BCUT2D eigenvalue weighted by Gasteiger charge is 2.37. The monoisotopic (exact) mass is 279 g/mol. The fourth-order valence-electron chi connectivity index (χ4n) is 2.92. The van der Waals surface area contributed by atoms with Crippen molar-refractivity contribution in [1.82, 2.24) is 5.32 Å². The van der Waals surface area contributed by atoms with Crippen molar-refractivity contribution in [2.45, 2.75) is 32.6 Å². The summed E-state index contributed by atoms with van der Waals surface area (Å²) in [6, 6.07) is 4.96. The largest absolute Gasteiger partial charge is 0.494 e. The lowest BCUT2D eigenvalue weighted by atomic mass is 9.73. The number of carbonyl (C=O) groups excluding carboxylic acids is 1. The second-order valence-electron chi connectivity index (χ2n) is 5.45. The molecule has 1 atom stereocenters. The van der Waals surface area contributed by atoms with Crippen LogP contribution in [0.4, 0.5) is 4.39 Å². The van der Waals surface area contributed by atoms with E-state index in [-0.39, 0.29) is 23.4 Å². The van der Waals surface area contributed by atoms with Gasteiger partial charge < -0.3 is 10.1 Å². The molecule has 0 aromatic heterocycles. The van der Waals surface area contributed by atoms with Crippen LogP contribution in [0.5, 0.6) is 5.75 Å². The van der Waals surface area contributed by atoms with Crippen LogP contribution in [-0.4, -0.2) is 26.0 Å². The number of ketones is 1. The molecule has 20 heavy (non-hydrogen) atoms. The highest BCUT2D eigenvalue weighted by Crippen LogP contribution is 2.33. The third-order valence-corrected chi connectivity index (χ3v) is 4.35. The van der Waals surface area contributed by atoms with Crippen molar-refractivity contribution in [3.8, 4) is 5.75 Å². The van der Waals surface area contributed by atoms with Crippen LogP contribution in [0.15, 0.2) is 18.2 Å². The Hall–Kier alpha value is -1.42. The first-order valence-corrected chi connectivity index (χ1v) is 7.18. The molecule has 0 bridgehead atoms. The van der Waals surface area contributed by atoms with Crippen molar-refractivity contribution >= 4 is 5.78 Å². The van der Waals surface area contributed by atoms with Gasteiger partial charge in [-0.25, -0.2) is 4.39 Å². The van der Waals surface area contributed by atoms with Crippen molar-refractivity contribution < 1.29 is 13.9 Å². The third-order valence-electron chi connectivity index (χ3n) is 4.35. The number of rotatable bonds is 5. The van der Waals surface area contributed by atoms with Crippen LogP contribution in [-0.2, 0) is 11.2 Å². The molecule has 3 nitrogen and oxygen atoms in total. The normalized spacial score (nSPS) is 22.6. The van der Waals surface area contributed by atoms with Gasteiger partial charge in [0.15, 0.2) is 11.6 Å². The maximum atomic E-state index is 14.1. The Morgan fingerprint density at radius 1 is 1.50 bits per heavy atom. The van der Waals surface area contributed by atoms with Gasteiger partial charge in [0.05, 0.1) is 7.11 Å². The zero-order chi connectivity index (χ0) is 14.6. The Morgan fingerprint density at radius 3 is 2.90 bits per heavy atom. The lowest BCUT2D eigenvalue weighted by Crippen LogP contribution is -2.45. The maximum absolute atomic E-state index is 14.1. The van der Waals surface area contributed by atoms with Gasteiger partial charge in [-0.1, -0.05) is 19.1 Å². The fraction of sp³-hybridized carbons (Fsp3) is 0.562. The Labute approximate surface area is 119 Å². The van der Waals surface area contributed by atoms with E-state index in [9.17, 15) is 9.18 Å². The van der Waals surface area contributed by atoms with Gasteiger partial charge >= 0.3 is 0 Å². The molecule has 1 fully saturated rings. The molecule has 0 aliphatic carbocycles. The van der Waals surface area contributed by atoms with Crippen LogP contribution in [0, 0.1) is 11.2 Å². The van der Waals surface area contributed by atoms with Gasteiger partial charge in [0.25, 0.3) is 0 Å². The molecule has 110 valence electrons. The molecule has 1 saturated heterocycles. The van der Waals surface area contributed by atoms with Gasteiger partial charge in [-0.05, 0) is 37.4 Å². The first-order chi connectivity index (χ1) is 9.63. The number of Topliss-reactive ketones (excluding diaryl/α,β-unsaturated/α-hetero) is 1. The van der Waals surface area contributed by atoms with Crippen molar-refractivity contribution in [3.63, 3.8) is 0 Å². The first kappa shape index (κ1) is 15.0. The van der Waals surface area contributed by atoms with E-state index in [4.69, 9.17) is 4.74 Å². The SMILES string of the molecule is CCC1(C(=O)Cc2cccc(OC)c2F)CCCNC1. The molecular weight excluding hydrogens is 257 g/mol. The summed E-state index contributed by atoms with van der Waals surface area (Å²) < 4.78 is 19.1. The molecule has 0 radical (unpaired) electrons. The van der Waals surface area contributed by atoms with Gasteiger partial charge in [-0.3, -0.25) is 4.79 Å². The van der Waals surface area contributed by atoms with Gasteiger partial charge in [0.1, 0.15) is 5.78 Å². The molecule has 1 N–H and O–H groups in total. The molecule has 0 saturated carbocycles. The van der Waals surface area contributed by atoms with Gasteiger partial charge in [0, 0.05) is 18.4 Å². The minimum absolute atomic E-state index is 0.124. The molecule has 2 rings (SSSR count). The summed E-state index contributed by atoms with van der Waals surface area (Å²) in [7, 11) is 1.43. The highest BCUT2D eigenvalue weighted by atomic mass is 19.1. The summed E-state index contributed by atoms with van der Waals surface area (Å²) in [5.41, 5.74) is 0.0843. The van der Waals surface area contributed by atoms with E-state index in [1.807, 2.05) is 6.92 Å². The predicted octanol–water partition coefficient (Wildman–Crippen LogP) is 2.73. The number of ether oxygens (including phenoxy) is 1. The van der Waals surface area contributed by atoms with E-state index in [2.05, 4.69) is 5.32 Å². The Kier molecular flexibility index (Phi) is 4.76. The zero-order valence-electron chi connectivity index (χ0n) is 12.2. The zero-order valence-corrected chi connectivity index (χ0v) is 12.2. The number of methoxy groups -OCH3 is 1. The van der Waals surface area contributed by atoms with Crippen LogP contribution in [0.1, 0.15) is 31.7 Å². The van der Waals surface area contributed by atoms with E-state index in [1.165, 1.54) is 7.11 Å². The van der Waals surface area contributed by atoms with E-state index in [0.717, 1.165) is 25.8 Å². The molecule has 1 heterocycles. The van der Waals surface area contributed by atoms with E-state index >= 15 is 0 Å². The van der Waals surface area contributed by atoms with Gasteiger partial charge in [-0.2, -0.15) is 0 Å². The van der Waals surface area contributed by atoms with Crippen LogP contribution in [0.25, 0.3) is 0 Å². The van der Waals surface area contributed by atoms with E-state index < -0.39 is 5.82 Å². The number of halogens is 1. The van der Waals surface area contributed by atoms with Crippen molar-refractivity contribution in [1.29, 1.82) is 0 Å². The summed E-state index contributed by atoms with van der Waals surface area (Å²) in [5, 5.41) is 3.29. The summed E-state index contributed by atoms with van der Waals surface area (Å²) >= 11 is 0. The summed E-state index contributed by atoms with van der Waals surface area (Å²) in [6.07, 6.45) is 2.82. The Balaban J connectivity index is 2.18. The molecule has 1 aromatic rings. The van der Waals surface area contributed by atoms with E-state index in [1.54, 1.807) is 18.2 Å². The number of nitrogens with one attached hydrogen (secondary N) is 1. The summed E-state index contributed by atoms with van der Waals surface area (Å²) in [4.78, 5) is 12.6. The number of piperidine rings is 1. The fourth-order valence-corrected chi connectivity index (χ4v) is 2.92. The Morgan fingerprint density at radius 2 is 2.30 bits per heavy atom. The second kappa shape index (κ2) is 6.35. The van der Waals surface area contributed by atoms with Crippen LogP contribution in [0.3, 0.4) is 0 Å². The average Bonchev–Trinajstić information content (AvgIpc) is 2.50. The molecule has 0 amide bonds. The number of hydrogen-bond acceptors (Lipinski definition) is 3. The molecular formula is C16H22FNO2. The maximum Gasteiger partial charge on any atom is 0.168 e. The minimum atomic E-state index is -0.418. The standard InChI is InChI=1S/C16H22FNO2/c1-3-16(8-5-9-18-11-16)14(19)10-12-6-4-7-13(20-2)15(12)17/h4,6-7,18H,3,5,8-11H2,1-2H3. The van der Waals surface area contributed by atoms with Crippen LogP contribution >= 0.6 is 0 Å². The topological polar surface area (TPSA) is 38.3 Å². The average molecular weight is 279 g/mol. The molecule has 4 heteroatoms. The molecule has 1 aliphatic rings. The van der Waals surface area contributed by atoms with Gasteiger partial charge in [0.2, 0.25) is 0 Å². The van der Waals surface area contributed by atoms with E-state index in [0.29, 0.717) is 12.1 Å². The quantitative estimate of drug-likeness (QED) is 0.900. The van der Waals surface area contributed by atoms with Crippen molar-refractivity contribution in [2.75, 3.05) is 20.2 Å². The second-order valence-corrected chi connectivity index (χ2v) is 5.45. The highest BCUT2D eigenvalue weighted by molar-refractivity contribution is 5.87. The summed E-state index contributed by atoms with van der Waals surface area (Å²) in [6.45, 7) is 3.70. The lowest BCUT2D eigenvalue weighted by Gasteiger charge is -2.35. The van der Waals surface area contributed by atoms with Crippen molar-refractivity contribution in [2.24, 2.45) is 5.41 Å². The number of hydrogen-bond donors (Lipinski definition) is 1. The third kappa shape index (κ3) is 2.85. The Bertz CT molecular complexity index is 481. The van der Waals surface area contributed by atoms with Crippen LogP contribution in [0.2, 0.25) is 0 Å². The number of benzene rings is 1. The number of carbonyl (C=O) groups is 1. The van der Waals surface area contributed by atoms with Gasteiger partial charge in [-0.15, -0.1) is 0 Å². The lowest BCUT2D eigenvalue weighted by molar-refractivity contribution is -0.129. The van der Waals surface area contributed by atoms with Crippen molar-refractivity contribution in [3.05, 3.63) is 29.6 Å². The molecule has 1 aliphatic heterocycles. The predicted molar refractivity (Wildman–Crippen MR) is 76.5 cm³/mol. The smallest absolute Gasteiger partial charge is 0.168 e. The van der Waals surface area contributed by atoms with Crippen LogP contribution < -0.4 is 10.1 Å². The minimum Gasteiger partial charge on any atom is -0.494 e. The molecule has 1 unspecified atom stereocenters. The molecule has 0 spiro atoms. The molecule has 1 aromatic carbocycles. The first-order valence-electron chi connectivity index (χ1n) is 7.18. The summed E-state index contributed by atoms with van der Waals surface area (Å²) in [5.74, 6) is -0.0969.